The molecule has 1 aliphatic carbocycles. The molecule has 0 saturated heterocycles. The highest BCUT2D eigenvalue weighted by Gasteiger charge is 1.95. The molecule has 6 heteroatoms. The molecule has 0 bridgehead atoms. The van der Waals surface area contributed by atoms with Crippen molar-refractivity contribution in [3.05, 3.63) is 25.3 Å². The third-order valence-electron chi connectivity index (χ3n) is 1.85. The zero-order valence-electron chi connectivity index (χ0n) is 12.4. The van der Waals surface area contributed by atoms with Crippen LogP contribution in [0.4, 0.5) is 0 Å². The summed E-state index contributed by atoms with van der Waals surface area (Å²) in [6.45, 7) is 5.92. The molecule has 1 fully saturated rings. The maximum atomic E-state index is 9.25. The average molecular weight is 292 g/mol. The predicted octanol–water partition coefficient (Wildman–Crippen LogP) is 2.07. The van der Waals surface area contributed by atoms with Gasteiger partial charge in [-0.15, -0.1) is 0 Å². The summed E-state index contributed by atoms with van der Waals surface area (Å²) in [6, 6.07) is 0. The Labute approximate surface area is 121 Å². The number of hydrogen-bond donors (Lipinski definition) is 4. The van der Waals surface area contributed by atoms with E-state index in [1.54, 1.807) is 0 Å². The summed E-state index contributed by atoms with van der Waals surface area (Å²) in [7, 11) is 2.00. The largest absolute Gasteiger partial charge is 0.478 e. The van der Waals surface area contributed by atoms with E-state index in [0.717, 1.165) is 26.4 Å². The zero-order valence-corrected chi connectivity index (χ0v) is 12.4. The predicted molar refractivity (Wildman–Crippen MR) is 79.7 cm³/mol. The van der Waals surface area contributed by atoms with Crippen molar-refractivity contribution in [2.24, 2.45) is 0 Å². The Morgan fingerprint density at radius 3 is 0.850 bits per heavy atom. The Hall–Kier alpha value is -1.66. The molecule has 1 rings (SSSR count). The Morgan fingerprint density at radius 2 is 0.800 bits per heavy atom. The van der Waals surface area contributed by atoms with Crippen LogP contribution in [-0.2, 0) is 9.59 Å². The number of carbonyl (C=O) groups is 2. The van der Waals surface area contributed by atoms with Crippen molar-refractivity contribution in [2.45, 2.75) is 38.5 Å². The maximum Gasteiger partial charge on any atom is 0.327 e. The van der Waals surface area contributed by atoms with Crippen molar-refractivity contribution in [1.82, 2.24) is 0 Å². The molecule has 0 aliphatic heterocycles. The first-order valence-electron chi connectivity index (χ1n) is 6.14. The number of hydrogen-bond acceptors (Lipinski definition) is 4. The molecule has 1 saturated carbocycles. The van der Waals surface area contributed by atoms with Gasteiger partial charge in [0.25, 0.3) is 0 Å². The molecule has 6 nitrogen and oxygen atoms in total. The summed E-state index contributed by atoms with van der Waals surface area (Å²) in [5.41, 5.74) is 0. The van der Waals surface area contributed by atoms with Gasteiger partial charge in [0.1, 0.15) is 0 Å². The van der Waals surface area contributed by atoms with E-state index in [2.05, 4.69) is 13.2 Å². The van der Waals surface area contributed by atoms with Gasteiger partial charge in [0.15, 0.2) is 0 Å². The van der Waals surface area contributed by atoms with Crippen LogP contribution < -0.4 is 0 Å². The minimum absolute atomic E-state index is 0.833. The number of rotatable bonds is 2. The van der Waals surface area contributed by atoms with Crippen molar-refractivity contribution >= 4 is 11.9 Å². The molecule has 0 radical (unpaired) electrons. The van der Waals surface area contributed by atoms with Gasteiger partial charge in [-0.05, 0) is 0 Å². The minimum Gasteiger partial charge on any atom is -0.478 e. The smallest absolute Gasteiger partial charge is 0.327 e. The Balaban J connectivity index is -0.0000000858. The van der Waals surface area contributed by atoms with Gasteiger partial charge in [-0.2, -0.15) is 0 Å². The lowest BCUT2D eigenvalue weighted by atomic mass is 10.0. The number of aliphatic carboxylic acids is 2. The number of aliphatic hydroxyl groups is 2. The van der Waals surface area contributed by atoms with E-state index in [-0.39, 0.29) is 0 Å². The van der Waals surface area contributed by atoms with Crippen LogP contribution in [-0.4, -0.2) is 46.6 Å². The van der Waals surface area contributed by atoms with Crippen LogP contribution >= 0.6 is 0 Å². The third-order valence-corrected chi connectivity index (χ3v) is 1.85. The summed E-state index contributed by atoms with van der Waals surface area (Å²) in [5, 5.41) is 29.2. The van der Waals surface area contributed by atoms with Gasteiger partial charge in [0, 0.05) is 26.4 Å². The van der Waals surface area contributed by atoms with Gasteiger partial charge in [0.2, 0.25) is 0 Å². The second-order valence-corrected chi connectivity index (χ2v) is 3.21. The fraction of sp³-hybridized carbons (Fsp3) is 0.571. The van der Waals surface area contributed by atoms with Gasteiger partial charge in [0.05, 0.1) is 0 Å². The lowest BCUT2D eigenvalue weighted by Gasteiger charge is -2.05. The molecule has 0 aromatic carbocycles. The van der Waals surface area contributed by atoms with Crippen molar-refractivity contribution in [1.29, 1.82) is 0 Å². The van der Waals surface area contributed by atoms with Crippen LogP contribution in [0, 0.1) is 0 Å². The average Bonchev–Trinajstić information content (AvgIpc) is 2.54. The van der Waals surface area contributed by atoms with Crippen LogP contribution in [0.25, 0.3) is 0 Å². The van der Waals surface area contributed by atoms with Crippen LogP contribution in [0.3, 0.4) is 0 Å². The molecule has 4 N–H and O–H groups in total. The topological polar surface area (TPSA) is 115 Å². The van der Waals surface area contributed by atoms with Crippen molar-refractivity contribution < 1.29 is 30.0 Å². The van der Waals surface area contributed by atoms with E-state index < -0.39 is 11.9 Å². The highest BCUT2D eigenvalue weighted by Crippen LogP contribution is 2.15. The second kappa shape index (κ2) is 30.4. The summed E-state index contributed by atoms with van der Waals surface area (Å²) in [5.74, 6) is -1.96. The molecule has 0 spiro atoms. The summed E-state index contributed by atoms with van der Waals surface area (Å²) in [4.78, 5) is 18.5. The molecule has 120 valence electrons. The maximum absolute atomic E-state index is 9.25. The quantitative estimate of drug-likeness (QED) is 0.579. The first kappa shape index (κ1) is 26.8. The van der Waals surface area contributed by atoms with E-state index in [1.807, 2.05) is 0 Å². The molecule has 20 heavy (non-hydrogen) atoms. The highest BCUT2D eigenvalue weighted by atomic mass is 16.4. The molecule has 1 aliphatic rings. The molecule has 0 aromatic rings. The molecule has 0 heterocycles. The summed E-state index contributed by atoms with van der Waals surface area (Å²) in [6.07, 6.45) is 10.7. The summed E-state index contributed by atoms with van der Waals surface area (Å²) < 4.78 is 0. The lowest BCUT2D eigenvalue weighted by Crippen LogP contribution is -1.85. The Bertz CT molecular complexity index is 192. The first-order chi connectivity index (χ1) is 9.54. The van der Waals surface area contributed by atoms with Crippen molar-refractivity contribution in [2.75, 3.05) is 14.2 Å². The normalized spacial score (nSPS) is 11.0. The van der Waals surface area contributed by atoms with E-state index >= 15 is 0 Å². The van der Waals surface area contributed by atoms with Gasteiger partial charge in [-0.25, -0.2) is 9.59 Å². The van der Waals surface area contributed by atoms with Gasteiger partial charge in [-0.3, -0.25) is 0 Å². The standard InChI is InChI=1S/C6H12.2C3H4O2.2CH4O/c1-2-4-6-5-3-1;2*1-2-3(4)5;2*1-2/h1-6H2;2*2H,1H2,(H,4,5);2*2H,1H3. The second-order valence-electron chi connectivity index (χ2n) is 3.21. The first-order valence-corrected chi connectivity index (χ1v) is 6.14. The minimum atomic E-state index is -0.981. The van der Waals surface area contributed by atoms with E-state index in [0.29, 0.717) is 0 Å². The zero-order chi connectivity index (χ0) is 16.8. The van der Waals surface area contributed by atoms with Crippen molar-refractivity contribution in [3.8, 4) is 0 Å². The molecular formula is C14H28O6. The fourth-order valence-corrected chi connectivity index (χ4v) is 1.06. The number of aliphatic hydroxyl groups excluding tert-OH is 2. The van der Waals surface area contributed by atoms with Crippen LogP contribution in [0.1, 0.15) is 38.5 Å². The van der Waals surface area contributed by atoms with E-state index in [4.69, 9.17) is 20.4 Å². The Kier molecular flexibility index (Phi) is 40.8. The molecule has 0 amide bonds. The lowest BCUT2D eigenvalue weighted by molar-refractivity contribution is -0.132. The fourth-order valence-electron chi connectivity index (χ4n) is 1.06. The highest BCUT2D eigenvalue weighted by molar-refractivity contribution is 5.79. The number of carboxylic acids is 2. The molecular weight excluding hydrogens is 264 g/mol. The summed E-state index contributed by atoms with van der Waals surface area (Å²) >= 11 is 0. The number of carboxylic acid groups (broad SMARTS) is 2. The van der Waals surface area contributed by atoms with Crippen LogP contribution in [0.5, 0.6) is 0 Å². The SMILES string of the molecule is C1CCCCC1.C=CC(=O)O.C=CC(=O)O.CO.CO. The molecule has 0 aromatic heterocycles. The van der Waals surface area contributed by atoms with Crippen molar-refractivity contribution in [3.63, 3.8) is 0 Å². The van der Waals surface area contributed by atoms with Crippen LogP contribution in [0.2, 0.25) is 0 Å². The molecule has 0 unspecified atom stereocenters. The Morgan fingerprint density at radius 1 is 0.700 bits per heavy atom. The van der Waals surface area contributed by atoms with E-state index in [1.165, 1.54) is 38.5 Å². The monoisotopic (exact) mass is 292 g/mol. The van der Waals surface area contributed by atoms with E-state index in [9.17, 15) is 9.59 Å². The third kappa shape index (κ3) is 55.3. The van der Waals surface area contributed by atoms with Gasteiger partial charge < -0.3 is 20.4 Å². The van der Waals surface area contributed by atoms with Crippen LogP contribution in [0.15, 0.2) is 25.3 Å². The van der Waals surface area contributed by atoms with Gasteiger partial charge >= 0.3 is 11.9 Å². The van der Waals surface area contributed by atoms with Gasteiger partial charge in [-0.1, -0.05) is 51.7 Å². The molecule has 0 atom stereocenters.